The van der Waals surface area contributed by atoms with Crippen LogP contribution in [0.1, 0.15) is 166 Å². The molecule has 1 aromatic heterocycles. The van der Waals surface area contributed by atoms with Crippen LogP contribution in [0.4, 0.5) is 11.9 Å². The first-order chi connectivity index (χ1) is 21.4. The lowest BCUT2D eigenvalue weighted by Crippen LogP contribution is -2.62. The summed E-state index contributed by atoms with van der Waals surface area (Å²) in [5, 5.41) is 11.4. The summed E-state index contributed by atoms with van der Waals surface area (Å²) in [6.45, 7) is 34.3. The van der Waals surface area contributed by atoms with E-state index in [2.05, 4.69) is 123 Å². The third-order valence-corrected chi connectivity index (χ3v) is 9.98. The number of nitrogens with one attached hydrogen (secondary N) is 3. The average Bonchev–Trinajstić information content (AvgIpc) is 2.81. The number of aryl methyl sites for hydroxylation is 1. The largest absolute Gasteiger partial charge is 0.349 e. The summed E-state index contributed by atoms with van der Waals surface area (Å²) < 4.78 is 0. The van der Waals surface area contributed by atoms with Crippen LogP contribution >= 0.6 is 0 Å². The number of piperidine rings is 2. The molecule has 0 aliphatic carbocycles. The Morgan fingerprint density at radius 3 is 1.60 bits per heavy atom. The van der Waals surface area contributed by atoms with Crippen molar-refractivity contribution in [1.82, 2.24) is 30.5 Å². The van der Waals surface area contributed by atoms with Gasteiger partial charge < -0.3 is 25.8 Å². The van der Waals surface area contributed by atoms with Gasteiger partial charge in [0.05, 0.1) is 0 Å². The minimum absolute atomic E-state index is 0.0509. The van der Waals surface area contributed by atoms with Crippen LogP contribution in [0.3, 0.4) is 0 Å². The number of unbranched alkanes of at least 4 members (excludes halogenated alkanes) is 5. The fourth-order valence-electron chi connectivity index (χ4n) is 9.37. The van der Waals surface area contributed by atoms with E-state index >= 15 is 0 Å². The van der Waals surface area contributed by atoms with Crippen molar-refractivity contribution >= 4 is 11.9 Å². The van der Waals surface area contributed by atoms with Crippen molar-refractivity contribution in [3.8, 4) is 0 Å². The minimum atomic E-state index is -0.123. The molecule has 2 fully saturated rings. The molecule has 0 atom stereocenters. The Morgan fingerprint density at radius 1 is 0.660 bits per heavy atom. The lowest BCUT2D eigenvalue weighted by atomic mass is 9.79. The fourth-order valence-corrected chi connectivity index (χ4v) is 9.37. The third-order valence-electron chi connectivity index (χ3n) is 9.98. The smallest absolute Gasteiger partial charge is 0.230 e. The van der Waals surface area contributed by atoms with Crippen LogP contribution in [0.5, 0.6) is 0 Å². The molecule has 1 aromatic rings. The van der Waals surface area contributed by atoms with Gasteiger partial charge >= 0.3 is 0 Å². The number of aromatic nitrogens is 3. The summed E-state index contributed by atoms with van der Waals surface area (Å²) in [6.07, 6.45) is 13.2. The van der Waals surface area contributed by atoms with Crippen molar-refractivity contribution in [1.29, 1.82) is 0 Å². The van der Waals surface area contributed by atoms with Crippen molar-refractivity contribution in [2.24, 2.45) is 5.41 Å². The Bertz CT molecular complexity index is 1100. The Hall–Kier alpha value is -1.51. The summed E-state index contributed by atoms with van der Waals surface area (Å²) in [5.74, 6) is 2.31. The maximum absolute atomic E-state index is 5.10. The van der Waals surface area contributed by atoms with Crippen LogP contribution in [0.25, 0.3) is 0 Å². The second-order valence-electron chi connectivity index (χ2n) is 20.0. The zero-order valence-corrected chi connectivity index (χ0v) is 33.6. The van der Waals surface area contributed by atoms with E-state index in [1.165, 1.54) is 51.5 Å². The van der Waals surface area contributed by atoms with E-state index in [9.17, 15) is 0 Å². The van der Waals surface area contributed by atoms with E-state index in [0.717, 1.165) is 44.0 Å². The first-order valence-corrected chi connectivity index (χ1v) is 18.9. The quantitative estimate of drug-likeness (QED) is 0.162. The molecule has 272 valence electrons. The first kappa shape index (κ1) is 39.9. The molecule has 3 N–H and O–H groups in total. The zero-order valence-electron chi connectivity index (χ0n) is 33.6. The van der Waals surface area contributed by atoms with E-state index in [1.54, 1.807) is 0 Å². The normalized spacial score (nSPS) is 21.6. The van der Waals surface area contributed by atoms with Gasteiger partial charge in [-0.25, -0.2) is 0 Å². The van der Waals surface area contributed by atoms with Gasteiger partial charge in [0.2, 0.25) is 11.9 Å². The second-order valence-corrected chi connectivity index (χ2v) is 20.0. The lowest BCUT2D eigenvalue weighted by Gasteiger charge is -2.49. The predicted octanol–water partition coefficient (Wildman–Crippen LogP) is 8.50. The predicted molar refractivity (Wildman–Crippen MR) is 203 cm³/mol. The highest BCUT2D eigenvalue weighted by molar-refractivity contribution is 5.40. The summed E-state index contributed by atoms with van der Waals surface area (Å²) in [5.41, 5.74) is 0.592. The SMILES string of the molecule is Cc1nc(NC(C)(C)CC(C)(C)C)nc(N(CCCCCCCCN(C)C2CC(C)(C)NC(C)(C)C2)C2CC(C)(C)NC(C)(C)C2)n1. The van der Waals surface area contributed by atoms with E-state index in [4.69, 9.17) is 15.0 Å². The molecule has 47 heavy (non-hydrogen) atoms. The van der Waals surface area contributed by atoms with Gasteiger partial charge in [-0.3, -0.25) is 0 Å². The summed E-state index contributed by atoms with van der Waals surface area (Å²) in [7, 11) is 2.34. The Kier molecular flexibility index (Phi) is 12.9. The Labute approximate surface area is 290 Å². The minimum Gasteiger partial charge on any atom is -0.349 e. The summed E-state index contributed by atoms with van der Waals surface area (Å²) in [4.78, 5) is 20.0. The molecule has 0 aromatic carbocycles. The molecule has 8 heteroatoms. The molecule has 3 heterocycles. The van der Waals surface area contributed by atoms with E-state index in [1.807, 2.05) is 6.92 Å². The summed E-state index contributed by atoms with van der Waals surface area (Å²) >= 11 is 0. The van der Waals surface area contributed by atoms with Crippen LogP contribution in [-0.4, -0.2) is 79.8 Å². The van der Waals surface area contributed by atoms with Crippen LogP contribution in [0.2, 0.25) is 0 Å². The highest BCUT2D eigenvalue weighted by atomic mass is 15.3. The molecular weight excluding hydrogens is 580 g/mol. The van der Waals surface area contributed by atoms with E-state index in [0.29, 0.717) is 18.0 Å². The molecule has 0 bridgehead atoms. The number of rotatable bonds is 15. The molecule has 0 radical (unpaired) electrons. The molecule has 0 unspecified atom stereocenters. The van der Waals surface area contributed by atoms with Gasteiger partial charge in [-0.05, 0) is 140 Å². The number of hydrogen-bond acceptors (Lipinski definition) is 8. The fraction of sp³-hybridized carbons (Fsp3) is 0.923. The van der Waals surface area contributed by atoms with Crippen LogP contribution in [-0.2, 0) is 0 Å². The molecule has 3 rings (SSSR count). The first-order valence-electron chi connectivity index (χ1n) is 18.9. The third kappa shape index (κ3) is 13.7. The molecular formula is C39H76N8. The van der Waals surface area contributed by atoms with Crippen molar-refractivity contribution in [2.75, 3.05) is 30.4 Å². The van der Waals surface area contributed by atoms with Crippen molar-refractivity contribution < 1.29 is 0 Å². The van der Waals surface area contributed by atoms with Crippen LogP contribution in [0.15, 0.2) is 0 Å². The molecule has 8 nitrogen and oxygen atoms in total. The maximum Gasteiger partial charge on any atom is 0.230 e. The molecule has 2 aliphatic heterocycles. The van der Waals surface area contributed by atoms with Gasteiger partial charge in [0.15, 0.2) is 0 Å². The number of hydrogen-bond donors (Lipinski definition) is 3. The summed E-state index contributed by atoms with van der Waals surface area (Å²) in [6, 6.07) is 1.04. The highest BCUT2D eigenvalue weighted by Gasteiger charge is 2.41. The lowest BCUT2D eigenvalue weighted by molar-refractivity contribution is 0.0805. The van der Waals surface area contributed by atoms with Gasteiger partial charge in [-0.2, -0.15) is 15.0 Å². The monoisotopic (exact) mass is 657 g/mol. The molecule has 0 saturated carbocycles. The van der Waals surface area contributed by atoms with Crippen LogP contribution < -0.4 is 20.9 Å². The standard InChI is InChI=1S/C39H76N8/c1-29-40-32(43-39(13,14)28-34(2,3)4)42-33(41-29)47(31-26-37(9,10)45-38(11,12)27-31)23-21-19-17-16-18-20-22-46(15)30-24-35(5,6)44-36(7,8)25-30/h30-31,44-45H,16-28H2,1-15H3,(H,40,41,42,43). The molecule has 2 saturated heterocycles. The number of nitrogens with zero attached hydrogens (tertiary/aromatic N) is 5. The topological polar surface area (TPSA) is 81.2 Å². The Morgan fingerprint density at radius 2 is 1.11 bits per heavy atom. The van der Waals surface area contributed by atoms with Gasteiger partial charge in [0.1, 0.15) is 5.82 Å². The van der Waals surface area contributed by atoms with Crippen molar-refractivity contribution in [3.63, 3.8) is 0 Å². The molecule has 0 spiro atoms. The average molecular weight is 657 g/mol. The van der Waals surface area contributed by atoms with E-state index < -0.39 is 0 Å². The molecule has 2 aliphatic rings. The Balaban J connectivity index is 1.60. The highest BCUT2D eigenvalue weighted by Crippen LogP contribution is 2.35. The number of anilines is 2. The maximum atomic E-state index is 5.10. The molecule has 0 amide bonds. The van der Waals surface area contributed by atoms with Gasteiger partial charge in [-0.15, -0.1) is 0 Å². The van der Waals surface area contributed by atoms with Gasteiger partial charge in [0.25, 0.3) is 0 Å². The second kappa shape index (κ2) is 15.2. The van der Waals surface area contributed by atoms with Gasteiger partial charge in [0, 0.05) is 46.3 Å². The van der Waals surface area contributed by atoms with Gasteiger partial charge in [-0.1, -0.05) is 46.5 Å². The van der Waals surface area contributed by atoms with E-state index in [-0.39, 0.29) is 33.1 Å². The van der Waals surface area contributed by atoms with Crippen LogP contribution in [0, 0.1) is 12.3 Å². The van der Waals surface area contributed by atoms with Crippen molar-refractivity contribution in [3.05, 3.63) is 5.82 Å². The van der Waals surface area contributed by atoms with Crippen molar-refractivity contribution in [2.45, 2.75) is 207 Å². The zero-order chi connectivity index (χ0) is 35.5.